The van der Waals surface area contributed by atoms with E-state index in [1.807, 2.05) is 6.92 Å². The van der Waals surface area contributed by atoms with Gasteiger partial charge in [0.15, 0.2) is 5.75 Å². The summed E-state index contributed by atoms with van der Waals surface area (Å²) in [6.45, 7) is 5.27. The molecule has 26 heavy (non-hydrogen) atoms. The largest absolute Gasteiger partial charge is 0.461 e. The lowest BCUT2D eigenvalue weighted by Gasteiger charge is -2.11. The second-order valence-corrected chi connectivity index (χ2v) is 6.92. The van der Waals surface area contributed by atoms with Crippen LogP contribution >= 0.6 is 0 Å². The van der Waals surface area contributed by atoms with Gasteiger partial charge < -0.3 is 8.92 Å². The van der Waals surface area contributed by atoms with Crippen LogP contribution in [0.4, 0.5) is 5.69 Å². The molecule has 0 aliphatic heterocycles. The van der Waals surface area contributed by atoms with Crippen LogP contribution in [0.2, 0.25) is 0 Å². The Morgan fingerprint density at radius 3 is 2.42 bits per heavy atom. The summed E-state index contributed by atoms with van der Waals surface area (Å²) in [4.78, 5) is 11.6. The van der Waals surface area contributed by atoms with Crippen LogP contribution in [-0.2, 0) is 19.6 Å². The van der Waals surface area contributed by atoms with Crippen molar-refractivity contribution in [2.75, 3.05) is 12.0 Å². The number of carbonyl (C=O) groups is 1. The smallest absolute Gasteiger partial charge is 0.354 e. The van der Waals surface area contributed by atoms with Gasteiger partial charge in [0.2, 0.25) is 0 Å². The van der Waals surface area contributed by atoms with Crippen molar-refractivity contribution in [2.24, 2.45) is 5.10 Å². The fourth-order valence-corrected chi connectivity index (χ4v) is 2.88. The normalized spacial score (nSPS) is 11.7. The Hall–Kier alpha value is -2.87. The molecule has 0 atom stereocenters. The Labute approximate surface area is 152 Å². The first kappa shape index (κ1) is 19.5. The van der Waals surface area contributed by atoms with E-state index in [1.54, 1.807) is 37.3 Å². The minimum absolute atomic E-state index is 0.0455. The molecule has 0 aliphatic rings. The number of aryl methyl sites for hydroxylation is 1. The minimum Gasteiger partial charge on any atom is -0.461 e. The van der Waals surface area contributed by atoms with E-state index in [-0.39, 0.29) is 23.0 Å². The van der Waals surface area contributed by atoms with Gasteiger partial charge in [-0.2, -0.15) is 13.5 Å². The van der Waals surface area contributed by atoms with E-state index in [9.17, 15) is 13.2 Å². The van der Waals surface area contributed by atoms with Crippen molar-refractivity contribution in [3.05, 3.63) is 54.1 Å². The summed E-state index contributed by atoms with van der Waals surface area (Å²) in [6, 6.07) is 12.7. The lowest BCUT2D eigenvalue weighted by molar-refractivity contribution is -0.135. The molecule has 0 spiro atoms. The predicted octanol–water partition coefficient (Wildman–Crippen LogP) is 3.11. The summed E-state index contributed by atoms with van der Waals surface area (Å²) < 4.78 is 34.9. The first-order valence-corrected chi connectivity index (χ1v) is 9.32. The molecule has 1 N–H and O–H groups in total. The van der Waals surface area contributed by atoms with Crippen LogP contribution < -0.4 is 9.61 Å². The SMILES string of the molecule is CCOC(=O)/C(C)=N/Nc1ccccc1OS(=O)(=O)c1ccc(C)cc1. The number of esters is 1. The second kappa shape index (κ2) is 8.48. The van der Waals surface area contributed by atoms with Gasteiger partial charge in [-0.1, -0.05) is 29.8 Å². The Morgan fingerprint density at radius 2 is 1.77 bits per heavy atom. The molecule has 7 nitrogen and oxygen atoms in total. The number of rotatable bonds is 7. The maximum Gasteiger partial charge on any atom is 0.354 e. The van der Waals surface area contributed by atoms with Crippen LogP contribution in [0.15, 0.2) is 58.5 Å². The number of para-hydroxylation sites is 2. The van der Waals surface area contributed by atoms with E-state index in [1.165, 1.54) is 25.1 Å². The van der Waals surface area contributed by atoms with Crippen LogP contribution in [0.5, 0.6) is 5.75 Å². The van der Waals surface area contributed by atoms with E-state index in [0.29, 0.717) is 5.69 Å². The number of benzene rings is 2. The summed E-state index contributed by atoms with van der Waals surface area (Å²) in [5, 5.41) is 3.91. The maximum absolute atomic E-state index is 12.4. The van der Waals surface area contributed by atoms with Crippen molar-refractivity contribution >= 4 is 27.5 Å². The van der Waals surface area contributed by atoms with Crippen LogP contribution in [0.25, 0.3) is 0 Å². The molecule has 0 heterocycles. The number of hydrogen-bond donors (Lipinski definition) is 1. The zero-order valence-electron chi connectivity index (χ0n) is 14.7. The highest BCUT2D eigenvalue weighted by Crippen LogP contribution is 2.27. The van der Waals surface area contributed by atoms with E-state index in [4.69, 9.17) is 8.92 Å². The average molecular weight is 376 g/mol. The van der Waals surface area contributed by atoms with Crippen LogP contribution in [-0.4, -0.2) is 26.7 Å². The van der Waals surface area contributed by atoms with Gasteiger partial charge in [-0.15, -0.1) is 0 Å². The number of hydrazone groups is 1. The third-order valence-corrected chi connectivity index (χ3v) is 4.56. The van der Waals surface area contributed by atoms with Crippen molar-refractivity contribution in [1.82, 2.24) is 0 Å². The molecule has 8 heteroatoms. The summed E-state index contributed by atoms with van der Waals surface area (Å²) in [7, 11) is -4.00. The number of nitrogens with one attached hydrogen (secondary N) is 1. The first-order valence-electron chi connectivity index (χ1n) is 7.91. The molecule has 138 valence electrons. The molecule has 0 amide bonds. The van der Waals surface area contributed by atoms with Crippen LogP contribution in [0, 0.1) is 6.92 Å². The molecule has 0 fully saturated rings. The topological polar surface area (TPSA) is 94.1 Å². The summed E-state index contributed by atoms with van der Waals surface area (Å²) >= 11 is 0. The highest BCUT2D eigenvalue weighted by molar-refractivity contribution is 7.87. The first-order chi connectivity index (χ1) is 12.3. The number of anilines is 1. The van der Waals surface area contributed by atoms with Gasteiger partial charge in [0.05, 0.1) is 12.3 Å². The van der Waals surface area contributed by atoms with Gasteiger partial charge in [0.1, 0.15) is 10.6 Å². The number of nitrogens with zero attached hydrogens (tertiary/aromatic N) is 1. The third kappa shape index (κ3) is 5.06. The van der Waals surface area contributed by atoms with Gasteiger partial charge >= 0.3 is 16.1 Å². The standard InChI is InChI=1S/C18H20N2O5S/c1-4-24-18(21)14(3)19-20-16-7-5-6-8-17(16)25-26(22,23)15-11-9-13(2)10-12-15/h5-12,20H,4H2,1-3H3/b19-14+. The molecule has 2 aromatic rings. The Balaban J connectivity index is 2.22. The maximum atomic E-state index is 12.4. The number of ether oxygens (including phenoxy) is 1. The molecule has 0 radical (unpaired) electrons. The Bertz CT molecular complexity index is 905. The zero-order valence-corrected chi connectivity index (χ0v) is 15.5. The van der Waals surface area contributed by atoms with Crippen molar-refractivity contribution in [1.29, 1.82) is 0 Å². The fraction of sp³-hybridized carbons (Fsp3) is 0.222. The Kier molecular flexibility index (Phi) is 6.35. The third-order valence-electron chi connectivity index (χ3n) is 3.31. The van der Waals surface area contributed by atoms with Crippen LogP contribution in [0.3, 0.4) is 0 Å². The van der Waals surface area contributed by atoms with Crippen molar-refractivity contribution < 1.29 is 22.1 Å². The highest BCUT2D eigenvalue weighted by Gasteiger charge is 2.18. The van der Waals surface area contributed by atoms with Crippen molar-refractivity contribution in [3.63, 3.8) is 0 Å². The van der Waals surface area contributed by atoms with Crippen molar-refractivity contribution in [2.45, 2.75) is 25.7 Å². The second-order valence-electron chi connectivity index (χ2n) is 5.38. The quantitative estimate of drug-likeness (QED) is 0.345. The van der Waals surface area contributed by atoms with E-state index >= 15 is 0 Å². The Morgan fingerprint density at radius 1 is 1.12 bits per heavy atom. The summed E-state index contributed by atoms with van der Waals surface area (Å²) in [5.41, 5.74) is 3.97. The van der Waals surface area contributed by atoms with Gasteiger partial charge in [0.25, 0.3) is 0 Å². The molecule has 0 bridgehead atoms. The average Bonchev–Trinajstić information content (AvgIpc) is 2.61. The molecule has 0 aromatic heterocycles. The van der Waals surface area contributed by atoms with Gasteiger partial charge in [0, 0.05) is 0 Å². The monoisotopic (exact) mass is 376 g/mol. The molecule has 0 saturated carbocycles. The molecule has 0 aliphatic carbocycles. The summed E-state index contributed by atoms with van der Waals surface area (Å²) in [5.74, 6) is -0.501. The number of hydrogen-bond acceptors (Lipinski definition) is 7. The van der Waals surface area contributed by atoms with E-state index in [2.05, 4.69) is 10.5 Å². The molecular weight excluding hydrogens is 356 g/mol. The van der Waals surface area contributed by atoms with Crippen LogP contribution in [0.1, 0.15) is 19.4 Å². The lowest BCUT2D eigenvalue weighted by Crippen LogP contribution is -2.16. The van der Waals surface area contributed by atoms with Gasteiger partial charge in [-0.25, -0.2) is 4.79 Å². The van der Waals surface area contributed by atoms with Gasteiger partial charge in [-0.3, -0.25) is 5.43 Å². The van der Waals surface area contributed by atoms with Gasteiger partial charge in [-0.05, 0) is 45.0 Å². The van der Waals surface area contributed by atoms with E-state index in [0.717, 1.165) is 5.56 Å². The zero-order chi connectivity index (χ0) is 19.2. The minimum atomic E-state index is -4.00. The molecule has 0 unspecified atom stereocenters. The summed E-state index contributed by atoms with van der Waals surface area (Å²) in [6.07, 6.45) is 0. The molecular formula is C18H20N2O5S. The van der Waals surface area contributed by atoms with Crippen molar-refractivity contribution in [3.8, 4) is 5.75 Å². The fourth-order valence-electron chi connectivity index (χ4n) is 1.93. The predicted molar refractivity (Wildman–Crippen MR) is 98.8 cm³/mol. The lowest BCUT2D eigenvalue weighted by atomic mass is 10.2. The molecule has 2 rings (SSSR count). The van der Waals surface area contributed by atoms with E-state index < -0.39 is 16.1 Å². The molecule has 2 aromatic carbocycles. The molecule has 0 saturated heterocycles. The highest BCUT2D eigenvalue weighted by atomic mass is 32.2. The number of carbonyl (C=O) groups excluding carboxylic acids is 1.